The average Bonchev–Trinajstić information content (AvgIpc) is 2.78. The number of amides is 1. The van der Waals surface area contributed by atoms with E-state index in [1.807, 2.05) is 0 Å². The van der Waals surface area contributed by atoms with Gasteiger partial charge in [-0.3, -0.25) is 4.79 Å². The summed E-state index contributed by atoms with van der Waals surface area (Å²) in [5.74, 6) is -2.43. The van der Waals surface area contributed by atoms with E-state index in [0.29, 0.717) is 16.7 Å². The molecule has 3 aromatic carbocycles. The van der Waals surface area contributed by atoms with Gasteiger partial charge in [-0.25, -0.2) is 13.0 Å². The maximum Gasteiger partial charge on any atom is 0.416 e. The van der Waals surface area contributed by atoms with E-state index in [4.69, 9.17) is 0 Å². The predicted molar refractivity (Wildman–Crippen MR) is 121 cm³/mol. The molecule has 0 saturated carbocycles. The molecule has 0 aliphatic heterocycles. The standard InChI is InChI=1S/C24H21F5N2O2S/c1-14(16-6-10-22(21(26)11-16)31-34(2)33)23(32)30-13-17-3-7-18(24(27,28)29)12-20(17)15-4-8-19(25)9-5-15/h3-12,14,31H,13H2,1-2H3,(H,30,32). The Hall–Kier alpha value is -3.27. The number of alkyl halides is 3. The normalized spacial score (nSPS) is 13.3. The van der Waals surface area contributed by atoms with Gasteiger partial charge in [-0.15, -0.1) is 0 Å². The molecule has 0 aliphatic carbocycles. The zero-order valence-electron chi connectivity index (χ0n) is 18.2. The van der Waals surface area contributed by atoms with Gasteiger partial charge in [-0.2, -0.15) is 13.2 Å². The van der Waals surface area contributed by atoms with Crippen LogP contribution in [0.3, 0.4) is 0 Å². The number of hydrogen-bond acceptors (Lipinski definition) is 2. The van der Waals surface area contributed by atoms with Crippen LogP contribution in [0.1, 0.15) is 29.5 Å². The molecule has 180 valence electrons. The van der Waals surface area contributed by atoms with Crippen LogP contribution in [-0.2, 0) is 28.5 Å². The number of benzene rings is 3. The van der Waals surface area contributed by atoms with Gasteiger partial charge in [-0.1, -0.05) is 24.3 Å². The second kappa shape index (κ2) is 10.3. The predicted octanol–water partition coefficient (Wildman–Crippen LogP) is 5.78. The summed E-state index contributed by atoms with van der Waals surface area (Å²) in [6.07, 6.45) is -3.22. The molecule has 3 aromatic rings. The number of carbonyl (C=O) groups excluding carboxylic acids is 1. The van der Waals surface area contributed by atoms with E-state index < -0.39 is 46.2 Å². The van der Waals surface area contributed by atoms with Crippen molar-refractivity contribution in [3.63, 3.8) is 0 Å². The van der Waals surface area contributed by atoms with Crippen LogP contribution in [0.5, 0.6) is 0 Å². The smallest absolute Gasteiger partial charge is 0.351 e. The highest BCUT2D eigenvalue weighted by molar-refractivity contribution is 7.85. The molecule has 0 heterocycles. The first kappa shape index (κ1) is 25.4. The molecule has 0 aliphatic rings. The highest BCUT2D eigenvalue weighted by Gasteiger charge is 2.31. The summed E-state index contributed by atoms with van der Waals surface area (Å²) in [5, 5.41) is 2.66. The highest BCUT2D eigenvalue weighted by Crippen LogP contribution is 2.34. The van der Waals surface area contributed by atoms with Gasteiger partial charge in [0.15, 0.2) is 0 Å². The fourth-order valence-corrected chi connectivity index (χ4v) is 3.81. The minimum Gasteiger partial charge on any atom is -0.351 e. The topological polar surface area (TPSA) is 58.2 Å². The highest BCUT2D eigenvalue weighted by atomic mass is 32.2. The number of nitrogens with one attached hydrogen (secondary N) is 2. The van der Waals surface area contributed by atoms with E-state index in [0.717, 1.165) is 30.3 Å². The average molecular weight is 497 g/mol. The lowest BCUT2D eigenvalue weighted by Gasteiger charge is -2.17. The third-order valence-electron chi connectivity index (χ3n) is 5.19. The van der Waals surface area contributed by atoms with Crippen LogP contribution in [0.15, 0.2) is 60.7 Å². The molecule has 3 rings (SSSR count). The van der Waals surface area contributed by atoms with Crippen LogP contribution in [0.2, 0.25) is 0 Å². The van der Waals surface area contributed by atoms with Crippen molar-refractivity contribution >= 4 is 22.6 Å². The zero-order chi connectivity index (χ0) is 25.0. The second-order valence-corrected chi connectivity index (χ2v) is 8.72. The fourth-order valence-electron chi connectivity index (χ4n) is 3.33. The van der Waals surface area contributed by atoms with Crippen molar-refractivity contribution in [2.75, 3.05) is 11.0 Å². The molecule has 0 radical (unpaired) electrons. The van der Waals surface area contributed by atoms with Gasteiger partial charge in [0.25, 0.3) is 0 Å². The SMILES string of the molecule is CC(C(=O)NCc1ccc(C(F)(F)F)cc1-c1ccc(F)cc1)c1ccc(NS(C)=O)c(F)c1. The summed E-state index contributed by atoms with van der Waals surface area (Å²) in [7, 11) is -1.46. The third kappa shape index (κ3) is 6.19. The fraction of sp³-hybridized carbons (Fsp3) is 0.208. The van der Waals surface area contributed by atoms with E-state index in [2.05, 4.69) is 10.0 Å². The Morgan fingerprint density at radius 1 is 1.00 bits per heavy atom. The number of rotatable bonds is 7. The Balaban J connectivity index is 1.81. The summed E-state index contributed by atoms with van der Waals surface area (Å²) in [6, 6.07) is 12.2. The minimum atomic E-state index is -4.57. The Kier molecular flexibility index (Phi) is 7.71. The largest absolute Gasteiger partial charge is 0.416 e. The summed E-state index contributed by atoms with van der Waals surface area (Å²) in [5.41, 5.74) is 0.503. The van der Waals surface area contributed by atoms with Gasteiger partial charge in [0.05, 0.1) is 17.2 Å². The first-order valence-corrected chi connectivity index (χ1v) is 11.6. The molecule has 2 atom stereocenters. The summed E-state index contributed by atoms with van der Waals surface area (Å²) in [6.45, 7) is 1.47. The Bertz CT molecular complexity index is 1210. The monoisotopic (exact) mass is 496 g/mol. The van der Waals surface area contributed by atoms with Crippen LogP contribution in [0, 0.1) is 11.6 Å². The van der Waals surface area contributed by atoms with Crippen molar-refractivity contribution in [1.29, 1.82) is 0 Å². The van der Waals surface area contributed by atoms with Crippen LogP contribution in [0.4, 0.5) is 27.6 Å². The van der Waals surface area contributed by atoms with E-state index >= 15 is 0 Å². The van der Waals surface area contributed by atoms with E-state index in [-0.39, 0.29) is 17.8 Å². The number of hydrogen-bond donors (Lipinski definition) is 2. The van der Waals surface area contributed by atoms with Crippen molar-refractivity contribution in [2.45, 2.75) is 25.6 Å². The van der Waals surface area contributed by atoms with Gasteiger partial charge in [0.2, 0.25) is 5.91 Å². The Labute approximate surface area is 195 Å². The van der Waals surface area contributed by atoms with Gasteiger partial charge >= 0.3 is 6.18 Å². The number of halogens is 5. The van der Waals surface area contributed by atoms with Gasteiger partial charge in [0.1, 0.15) is 22.6 Å². The molecule has 0 aromatic heterocycles. The minimum absolute atomic E-state index is 0.0332. The summed E-state index contributed by atoms with van der Waals surface area (Å²) < 4.78 is 80.9. The van der Waals surface area contributed by atoms with Gasteiger partial charge < -0.3 is 10.0 Å². The molecule has 0 bridgehead atoms. The molecule has 10 heteroatoms. The van der Waals surface area contributed by atoms with E-state index in [9.17, 15) is 31.0 Å². The van der Waals surface area contributed by atoms with Gasteiger partial charge in [0, 0.05) is 12.8 Å². The van der Waals surface area contributed by atoms with Crippen molar-refractivity contribution in [3.05, 3.63) is 89.0 Å². The molecule has 34 heavy (non-hydrogen) atoms. The maximum atomic E-state index is 14.2. The Morgan fingerprint density at radius 3 is 2.26 bits per heavy atom. The Morgan fingerprint density at radius 2 is 1.68 bits per heavy atom. The molecule has 0 saturated heterocycles. The van der Waals surface area contributed by atoms with E-state index in [1.165, 1.54) is 36.6 Å². The van der Waals surface area contributed by atoms with Crippen LogP contribution < -0.4 is 10.0 Å². The molecule has 2 N–H and O–H groups in total. The van der Waals surface area contributed by atoms with E-state index in [1.54, 1.807) is 6.92 Å². The lowest BCUT2D eigenvalue weighted by molar-refractivity contribution is -0.137. The molecular formula is C24H21F5N2O2S. The first-order valence-electron chi connectivity index (χ1n) is 10.1. The van der Waals surface area contributed by atoms with Crippen LogP contribution in [0.25, 0.3) is 11.1 Å². The molecule has 4 nitrogen and oxygen atoms in total. The number of carbonyl (C=O) groups is 1. The second-order valence-electron chi connectivity index (χ2n) is 7.61. The van der Waals surface area contributed by atoms with Gasteiger partial charge in [-0.05, 0) is 65.6 Å². The number of anilines is 1. The molecule has 1 amide bonds. The molecular weight excluding hydrogens is 475 g/mol. The maximum absolute atomic E-state index is 14.2. The summed E-state index contributed by atoms with van der Waals surface area (Å²) >= 11 is 0. The molecule has 0 fully saturated rings. The molecule has 2 unspecified atom stereocenters. The van der Waals surface area contributed by atoms with Crippen molar-refractivity contribution < 1.29 is 31.0 Å². The van der Waals surface area contributed by atoms with Crippen molar-refractivity contribution in [2.24, 2.45) is 0 Å². The van der Waals surface area contributed by atoms with Crippen molar-refractivity contribution in [3.8, 4) is 11.1 Å². The molecule has 0 spiro atoms. The summed E-state index contributed by atoms with van der Waals surface area (Å²) in [4.78, 5) is 12.7. The third-order valence-corrected chi connectivity index (χ3v) is 5.69. The lowest BCUT2D eigenvalue weighted by atomic mass is 9.96. The van der Waals surface area contributed by atoms with Crippen LogP contribution in [-0.4, -0.2) is 16.4 Å². The quantitative estimate of drug-likeness (QED) is 0.408. The lowest BCUT2D eigenvalue weighted by Crippen LogP contribution is -2.28. The van der Waals surface area contributed by atoms with Crippen LogP contribution >= 0.6 is 0 Å². The van der Waals surface area contributed by atoms with Crippen molar-refractivity contribution in [1.82, 2.24) is 5.32 Å². The first-order chi connectivity index (χ1) is 16.0. The zero-order valence-corrected chi connectivity index (χ0v) is 19.0.